The zero-order valence-corrected chi connectivity index (χ0v) is 8.72. The number of hydrogen-bond acceptors (Lipinski definition) is 2. The van der Waals surface area contributed by atoms with Crippen molar-refractivity contribution in [2.24, 2.45) is 15.6 Å². The summed E-state index contributed by atoms with van der Waals surface area (Å²) in [4.78, 5) is 5.50. The molecule has 0 rings (SSSR count). The van der Waals surface area contributed by atoms with E-state index >= 15 is 0 Å². The molecule has 6 nitrogen and oxygen atoms in total. The predicted octanol–water partition coefficient (Wildman–Crippen LogP) is 3.80. The quantitative estimate of drug-likeness (QED) is 0.336. The molecule has 14 heavy (non-hydrogen) atoms. The fourth-order valence-corrected chi connectivity index (χ4v) is 1.50. The van der Waals surface area contributed by atoms with Crippen LogP contribution in [0.4, 0.5) is 0 Å². The van der Waals surface area contributed by atoms with Crippen LogP contribution in [0.15, 0.2) is 10.2 Å². The molecule has 0 saturated heterocycles. The van der Waals surface area contributed by atoms with Crippen molar-refractivity contribution < 1.29 is 0 Å². The van der Waals surface area contributed by atoms with Gasteiger partial charge in [-0.25, -0.2) is 0 Å². The van der Waals surface area contributed by atoms with Gasteiger partial charge in [-0.15, -0.1) is 0 Å². The van der Waals surface area contributed by atoms with E-state index in [-0.39, 0.29) is 5.41 Å². The number of rotatable bonds is 7. The minimum atomic E-state index is -0.146. The average Bonchev–Trinajstić information content (AvgIpc) is 2.22. The van der Waals surface area contributed by atoms with Gasteiger partial charge in [0.2, 0.25) is 0 Å². The minimum absolute atomic E-state index is 0.146. The van der Waals surface area contributed by atoms with Crippen molar-refractivity contribution in [1.29, 1.82) is 0 Å². The van der Waals surface area contributed by atoms with E-state index in [1.165, 1.54) is 0 Å². The summed E-state index contributed by atoms with van der Waals surface area (Å²) in [6, 6.07) is 0. The van der Waals surface area contributed by atoms with Gasteiger partial charge >= 0.3 is 0 Å². The third-order valence-electron chi connectivity index (χ3n) is 2.47. The molecule has 6 heteroatoms. The van der Waals surface area contributed by atoms with Crippen LogP contribution in [0.1, 0.15) is 33.1 Å². The predicted molar refractivity (Wildman–Crippen MR) is 55.7 cm³/mol. The summed E-state index contributed by atoms with van der Waals surface area (Å²) in [5.74, 6) is 0. The fraction of sp³-hybridized carbons (Fsp3) is 1.00. The third-order valence-corrected chi connectivity index (χ3v) is 2.47. The summed E-state index contributed by atoms with van der Waals surface area (Å²) in [5.41, 5.74) is 16.4. The Bertz CT molecular complexity index is 229. The van der Waals surface area contributed by atoms with Crippen LogP contribution in [0.3, 0.4) is 0 Å². The molecule has 0 radical (unpaired) electrons. The van der Waals surface area contributed by atoms with Crippen LogP contribution in [0.5, 0.6) is 0 Å². The van der Waals surface area contributed by atoms with Crippen molar-refractivity contribution in [2.75, 3.05) is 13.1 Å². The van der Waals surface area contributed by atoms with Gasteiger partial charge in [0.05, 0.1) is 0 Å². The normalized spacial score (nSPS) is 13.6. The van der Waals surface area contributed by atoms with Gasteiger partial charge in [-0.1, -0.05) is 36.9 Å². The maximum atomic E-state index is 8.27. The molecule has 0 heterocycles. The molecule has 0 aliphatic rings. The molecule has 0 aromatic carbocycles. The molecule has 78 valence electrons. The molecule has 0 aromatic rings. The molecular formula is C8H16N6. The monoisotopic (exact) mass is 196 g/mol. The molecule has 0 fully saturated rings. The summed E-state index contributed by atoms with van der Waals surface area (Å²) < 4.78 is 0. The molecule has 0 bridgehead atoms. The Morgan fingerprint density at radius 2 is 1.57 bits per heavy atom. The second kappa shape index (κ2) is 7.06. The van der Waals surface area contributed by atoms with E-state index in [0.717, 1.165) is 19.3 Å². The number of azide groups is 2. The van der Waals surface area contributed by atoms with E-state index in [2.05, 4.69) is 27.0 Å². The molecule has 0 aromatic heterocycles. The largest absolute Gasteiger partial charge is 0.0934 e. The highest BCUT2D eigenvalue weighted by Gasteiger charge is 2.25. The molecule has 0 N–H and O–H groups in total. The van der Waals surface area contributed by atoms with Gasteiger partial charge in [-0.3, -0.25) is 0 Å². The Kier molecular flexibility index (Phi) is 6.37. The maximum Gasteiger partial charge on any atom is 0.0315 e. The standard InChI is InChI=1S/C8H16N6/c1-3-5-8(4-2,6-11-13-9)7-12-14-10/h3-7H2,1-2H3. The first-order valence-corrected chi connectivity index (χ1v) is 4.76. The highest BCUT2D eigenvalue weighted by atomic mass is 15.2. The van der Waals surface area contributed by atoms with Crippen LogP contribution in [0.2, 0.25) is 0 Å². The Labute approximate surface area is 83.6 Å². The van der Waals surface area contributed by atoms with Gasteiger partial charge in [-0.05, 0) is 22.9 Å². The van der Waals surface area contributed by atoms with Crippen LogP contribution in [-0.2, 0) is 0 Å². The summed E-state index contributed by atoms with van der Waals surface area (Å²) in [7, 11) is 0. The molecule has 0 aliphatic heterocycles. The topological polar surface area (TPSA) is 97.5 Å². The summed E-state index contributed by atoms with van der Waals surface area (Å²) in [5, 5.41) is 7.17. The second-order valence-electron chi connectivity index (χ2n) is 3.38. The SMILES string of the molecule is CCCC(CC)(CN=[N+]=[N-])CN=[N+]=[N-]. The fourth-order valence-electron chi connectivity index (χ4n) is 1.50. The summed E-state index contributed by atoms with van der Waals surface area (Å²) in [6.45, 7) is 4.91. The molecule has 0 amide bonds. The van der Waals surface area contributed by atoms with Crippen molar-refractivity contribution in [3.63, 3.8) is 0 Å². The van der Waals surface area contributed by atoms with Crippen LogP contribution < -0.4 is 0 Å². The zero-order valence-electron chi connectivity index (χ0n) is 8.72. The Morgan fingerprint density at radius 3 is 1.86 bits per heavy atom. The Morgan fingerprint density at radius 1 is 1.07 bits per heavy atom. The van der Waals surface area contributed by atoms with Crippen molar-refractivity contribution in [3.05, 3.63) is 20.9 Å². The average molecular weight is 196 g/mol. The van der Waals surface area contributed by atoms with E-state index in [9.17, 15) is 0 Å². The minimum Gasteiger partial charge on any atom is -0.0934 e. The third kappa shape index (κ3) is 4.03. The van der Waals surface area contributed by atoms with Crippen molar-refractivity contribution in [2.45, 2.75) is 33.1 Å². The maximum absolute atomic E-state index is 8.27. The highest BCUT2D eigenvalue weighted by molar-refractivity contribution is 4.82. The van der Waals surface area contributed by atoms with Gasteiger partial charge in [0.15, 0.2) is 0 Å². The Hall–Kier alpha value is -1.38. The lowest BCUT2D eigenvalue weighted by Gasteiger charge is -2.28. The number of nitrogens with zero attached hydrogens (tertiary/aromatic N) is 6. The van der Waals surface area contributed by atoms with Gasteiger partial charge in [0.25, 0.3) is 0 Å². The van der Waals surface area contributed by atoms with Gasteiger partial charge in [-0.2, -0.15) is 0 Å². The van der Waals surface area contributed by atoms with E-state index < -0.39 is 0 Å². The first kappa shape index (κ1) is 12.6. The highest BCUT2D eigenvalue weighted by Crippen LogP contribution is 2.29. The van der Waals surface area contributed by atoms with Gasteiger partial charge in [0.1, 0.15) is 0 Å². The number of hydrogen-bond donors (Lipinski definition) is 0. The second-order valence-corrected chi connectivity index (χ2v) is 3.38. The van der Waals surface area contributed by atoms with E-state index in [4.69, 9.17) is 11.1 Å². The lowest BCUT2D eigenvalue weighted by Crippen LogP contribution is -2.26. The van der Waals surface area contributed by atoms with Crippen LogP contribution in [0, 0.1) is 5.41 Å². The van der Waals surface area contributed by atoms with Crippen molar-refractivity contribution in [1.82, 2.24) is 0 Å². The van der Waals surface area contributed by atoms with E-state index in [1.807, 2.05) is 6.92 Å². The smallest absolute Gasteiger partial charge is 0.0315 e. The molecule has 0 atom stereocenters. The lowest BCUT2D eigenvalue weighted by molar-refractivity contribution is 0.269. The van der Waals surface area contributed by atoms with E-state index in [0.29, 0.717) is 13.1 Å². The first-order chi connectivity index (χ1) is 6.74. The molecule has 0 saturated carbocycles. The first-order valence-electron chi connectivity index (χ1n) is 4.76. The summed E-state index contributed by atoms with van der Waals surface area (Å²) >= 11 is 0. The summed E-state index contributed by atoms with van der Waals surface area (Å²) in [6.07, 6.45) is 2.77. The van der Waals surface area contributed by atoms with Crippen LogP contribution in [0.25, 0.3) is 20.9 Å². The molecule has 0 spiro atoms. The Balaban J connectivity index is 4.56. The molecule has 0 unspecified atom stereocenters. The van der Waals surface area contributed by atoms with Gasteiger partial charge in [0, 0.05) is 22.9 Å². The lowest BCUT2D eigenvalue weighted by atomic mass is 9.81. The van der Waals surface area contributed by atoms with E-state index in [1.54, 1.807) is 0 Å². The molecular weight excluding hydrogens is 180 g/mol. The van der Waals surface area contributed by atoms with Crippen molar-refractivity contribution >= 4 is 0 Å². The van der Waals surface area contributed by atoms with Gasteiger partial charge < -0.3 is 0 Å². The van der Waals surface area contributed by atoms with Crippen LogP contribution in [-0.4, -0.2) is 13.1 Å². The van der Waals surface area contributed by atoms with Crippen LogP contribution >= 0.6 is 0 Å². The van der Waals surface area contributed by atoms with Crippen molar-refractivity contribution in [3.8, 4) is 0 Å². The zero-order chi connectivity index (χ0) is 10.9. The molecule has 0 aliphatic carbocycles.